The summed E-state index contributed by atoms with van der Waals surface area (Å²) in [5.74, 6) is -0.857. The highest BCUT2D eigenvalue weighted by Gasteiger charge is 2.10. The van der Waals surface area contributed by atoms with Crippen LogP contribution in [0.4, 0.5) is 0 Å². The number of hydrogen-bond donors (Lipinski definition) is 0. The average Bonchev–Trinajstić information content (AvgIpc) is 2.37. The summed E-state index contributed by atoms with van der Waals surface area (Å²) in [7, 11) is 2.63. The Labute approximate surface area is 99.8 Å². The third kappa shape index (κ3) is 3.45. The minimum atomic E-state index is -0.450. The Morgan fingerprint density at radius 2 is 1.94 bits per heavy atom. The zero-order valence-electron chi connectivity index (χ0n) is 9.86. The van der Waals surface area contributed by atoms with Gasteiger partial charge in [0.05, 0.1) is 19.8 Å². The standard InChI is InChI=1S/C13H14O4/c1-9(12(14)16-2)7-10-5-4-6-11(8-10)13(15)17-3/h4-6,8H,1,7H2,2-3H3. The number of hydrogen-bond acceptors (Lipinski definition) is 4. The molecule has 0 saturated heterocycles. The van der Waals surface area contributed by atoms with Gasteiger partial charge in [-0.3, -0.25) is 0 Å². The van der Waals surface area contributed by atoms with E-state index in [1.165, 1.54) is 14.2 Å². The van der Waals surface area contributed by atoms with Crippen molar-refractivity contribution in [3.05, 3.63) is 47.5 Å². The van der Waals surface area contributed by atoms with Gasteiger partial charge in [-0.1, -0.05) is 18.7 Å². The Bertz CT molecular complexity index is 448. The van der Waals surface area contributed by atoms with Crippen molar-refractivity contribution in [2.24, 2.45) is 0 Å². The summed E-state index contributed by atoms with van der Waals surface area (Å²) in [6.07, 6.45) is 0.345. The first kappa shape index (κ1) is 13.0. The Morgan fingerprint density at radius 1 is 1.24 bits per heavy atom. The molecule has 0 aliphatic rings. The molecule has 0 saturated carbocycles. The van der Waals surface area contributed by atoms with Gasteiger partial charge in [-0.2, -0.15) is 0 Å². The SMILES string of the molecule is C=C(Cc1cccc(C(=O)OC)c1)C(=O)OC. The third-order valence-electron chi connectivity index (χ3n) is 2.24. The molecule has 1 aromatic carbocycles. The molecule has 17 heavy (non-hydrogen) atoms. The first-order chi connectivity index (χ1) is 8.08. The predicted octanol–water partition coefficient (Wildman–Crippen LogP) is 1.74. The lowest BCUT2D eigenvalue weighted by molar-refractivity contribution is -0.136. The second kappa shape index (κ2) is 5.84. The molecule has 1 rings (SSSR count). The van der Waals surface area contributed by atoms with Crippen molar-refractivity contribution in [1.29, 1.82) is 0 Å². The maximum atomic E-state index is 11.3. The largest absolute Gasteiger partial charge is 0.466 e. The highest BCUT2D eigenvalue weighted by Crippen LogP contribution is 2.11. The molecule has 4 nitrogen and oxygen atoms in total. The first-order valence-electron chi connectivity index (χ1n) is 5.02. The van der Waals surface area contributed by atoms with Crippen LogP contribution in [0.15, 0.2) is 36.4 Å². The van der Waals surface area contributed by atoms with E-state index in [9.17, 15) is 9.59 Å². The fourth-order valence-electron chi connectivity index (χ4n) is 1.39. The van der Waals surface area contributed by atoms with Gasteiger partial charge in [0.1, 0.15) is 0 Å². The van der Waals surface area contributed by atoms with Gasteiger partial charge < -0.3 is 9.47 Å². The van der Waals surface area contributed by atoms with Crippen molar-refractivity contribution < 1.29 is 19.1 Å². The molecule has 0 radical (unpaired) electrons. The second-order valence-corrected chi connectivity index (χ2v) is 3.46. The molecule has 0 aromatic heterocycles. The van der Waals surface area contributed by atoms with Gasteiger partial charge in [0, 0.05) is 12.0 Å². The van der Waals surface area contributed by atoms with E-state index in [1.54, 1.807) is 24.3 Å². The second-order valence-electron chi connectivity index (χ2n) is 3.46. The van der Waals surface area contributed by atoms with Gasteiger partial charge in [0.25, 0.3) is 0 Å². The van der Waals surface area contributed by atoms with E-state index in [0.717, 1.165) is 5.56 Å². The monoisotopic (exact) mass is 234 g/mol. The molecule has 4 heteroatoms. The molecule has 0 heterocycles. The fourth-order valence-corrected chi connectivity index (χ4v) is 1.39. The predicted molar refractivity (Wildman–Crippen MR) is 62.6 cm³/mol. The Balaban J connectivity index is 2.82. The van der Waals surface area contributed by atoms with Crippen molar-refractivity contribution in [2.45, 2.75) is 6.42 Å². The molecule has 0 atom stereocenters. The van der Waals surface area contributed by atoms with E-state index in [-0.39, 0.29) is 0 Å². The molecule has 0 fully saturated rings. The lowest BCUT2D eigenvalue weighted by Gasteiger charge is -2.05. The summed E-state index contributed by atoms with van der Waals surface area (Å²) in [5.41, 5.74) is 1.60. The van der Waals surface area contributed by atoms with Gasteiger partial charge in [-0.15, -0.1) is 0 Å². The van der Waals surface area contributed by atoms with Crippen LogP contribution < -0.4 is 0 Å². The maximum Gasteiger partial charge on any atom is 0.337 e. The number of carbonyl (C=O) groups is 2. The lowest BCUT2D eigenvalue weighted by Crippen LogP contribution is -2.07. The first-order valence-corrected chi connectivity index (χ1v) is 5.02. The summed E-state index contributed by atoms with van der Waals surface area (Å²) in [6.45, 7) is 3.62. The molecule has 0 spiro atoms. The summed E-state index contributed by atoms with van der Waals surface area (Å²) >= 11 is 0. The average molecular weight is 234 g/mol. The molecule has 90 valence electrons. The van der Waals surface area contributed by atoms with E-state index in [2.05, 4.69) is 16.1 Å². The zero-order valence-corrected chi connectivity index (χ0v) is 9.86. The Kier molecular flexibility index (Phi) is 4.46. The van der Waals surface area contributed by atoms with Crippen LogP contribution in [0.25, 0.3) is 0 Å². The quantitative estimate of drug-likeness (QED) is 0.588. The van der Waals surface area contributed by atoms with Gasteiger partial charge in [-0.25, -0.2) is 9.59 Å². The van der Waals surface area contributed by atoms with Gasteiger partial charge in [-0.05, 0) is 17.7 Å². The summed E-state index contributed by atoms with van der Waals surface area (Å²) in [4.78, 5) is 22.5. The van der Waals surface area contributed by atoms with Crippen molar-refractivity contribution in [3.63, 3.8) is 0 Å². The number of benzene rings is 1. The minimum absolute atomic E-state index is 0.342. The van der Waals surface area contributed by atoms with Crippen LogP contribution in [-0.2, 0) is 20.7 Å². The van der Waals surface area contributed by atoms with Gasteiger partial charge >= 0.3 is 11.9 Å². The summed E-state index contributed by atoms with van der Waals surface area (Å²) in [5, 5.41) is 0. The number of rotatable bonds is 4. The van der Waals surface area contributed by atoms with E-state index >= 15 is 0 Å². The van der Waals surface area contributed by atoms with Crippen LogP contribution in [0.1, 0.15) is 15.9 Å². The van der Waals surface area contributed by atoms with Crippen molar-refractivity contribution in [3.8, 4) is 0 Å². The smallest absolute Gasteiger partial charge is 0.337 e. The number of esters is 2. The number of ether oxygens (including phenoxy) is 2. The topological polar surface area (TPSA) is 52.6 Å². The van der Waals surface area contributed by atoms with Crippen LogP contribution in [0.2, 0.25) is 0 Å². The summed E-state index contributed by atoms with van der Waals surface area (Å²) in [6, 6.07) is 6.85. The van der Waals surface area contributed by atoms with Crippen LogP contribution in [0.5, 0.6) is 0 Å². The number of methoxy groups -OCH3 is 2. The van der Waals surface area contributed by atoms with E-state index in [0.29, 0.717) is 17.6 Å². The number of carbonyl (C=O) groups excluding carboxylic acids is 2. The highest BCUT2D eigenvalue weighted by atomic mass is 16.5. The molecule has 1 aromatic rings. The van der Waals surface area contributed by atoms with Gasteiger partial charge in [0.2, 0.25) is 0 Å². The van der Waals surface area contributed by atoms with Crippen LogP contribution in [0.3, 0.4) is 0 Å². The molecule has 0 aliphatic carbocycles. The van der Waals surface area contributed by atoms with Crippen LogP contribution in [0, 0.1) is 0 Å². The third-order valence-corrected chi connectivity index (χ3v) is 2.24. The molecule has 0 aliphatic heterocycles. The maximum absolute atomic E-state index is 11.3. The van der Waals surface area contributed by atoms with Crippen molar-refractivity contribution in [1.82, 2.24) is 0 Å². The Hall–Kier alpha value is -2.10. The Morgan fingerprint density at radius 3 is 2.53 bits per heavy atom. The molecule has 0 bridgehead atoms. The van der Waals surface area contributed by atoms with Crippen molar-refractivity contribution in [2.75, 3.05) is 14.2 Å². The lowest BCUT2D eigenvalue weighted by atomic mass is 10.0. The zero-order chi connectivity index (χ0) is 12.8. The highest BCUT2D eigenvalue weighted by molar-refractivity contribution is 5.90. The molecular weight excluding hydrogens is 220 g/mol. The van der Waals surface area contributed by atoms with E-state index in [4.69, 9.17) is 0 Å². The molecular formula is C13H14O4. The van der Waals surface area contributed by atoms with E-state index < -0.39 is 11.9 Å². The van der Waals surface area contributed by atoms with Crippen molar-refractivity contribution >= 4 is 11.9 Å². The molecule has 0 amide bonds. The van der Waals surface area contributed by atoms with Crippen LogP contribution in [-0.4, -0.2) is 26.2 Å². The fraction of sp³-hybridized carbons (Fsp3) is 0.231. The van der Waals surface area contributed by atoms with E-state index in [1.807, 2.05) is 0 Å². The van der Waals surface area contributed by atoms with Crippen LogP contribution >= 0.6 is 0 Å². The summed E-state index contributed by atoms with van der Waals surface area (Å²) < 4.78 is 9.16. The molecule has 0 unspecified atom stereocenters. The minimum Gasteiger partial charge on any atom is -0.466 e. The van der Waals surface area contributed by atoms with Gasteiger partial charge in [0.15, 0.2) is 0 Å². The normalized spacial score (nSPS) is 9.53. The molecule has 0 N–H and O–H groups in total.